The molecular formula is C10H9BrFN3O. The van der Waals surface area contributed by atoms with Gasteiger partial charge in [0.2, 0.25) is 11.7 Å². The third-order valence-corrected chi connectivity index (χ3v) is 2.76. The van der Waals surface area contributed by atoms with Gasteiger partial charge >= 0.3 is 0 Å². The van der Waals surface area contributed by atoms with Crippen LogP contribution in [0.15, 0.2) is 21.1 Å². The Bertz CT molecular complexity index is 527. The average Bonchev–Trinajstić information content (AvgIpc) is 2.71. The number of nitrogens with zero attached hydrogens (tertiary/aromatic N) is 2. The molecule has 2 N–H and O–H groups in total. The van der Waals surface area contributed by atoms with Crippen molar-refractivity contribution in [1.29, 1.82) is 0 Å². The maximum atomic E-state index is 13.2. The molecule has 2 rings (SSSR count). The third-order valence-electron chi connectivity index (χ3n) is 2.15. The summed E-state index contributed by atoms with van der Waals surface area (Å²) in [5, 5.41) is 3.78. The van der Waals surface area contributed by atoms with Crippen LogP contribution in [0, 0.1) is 12.7 Å². The number of benzene rings is 1. The predicted molar refractivity (Wildman–Crippen MR) is 60.0 cm³/mol. The van der Waals surface area contributed by atoms with Gasteiger partial charge in [-0.1, -0.05) is 5.16 Å². The second kappa shape index (κ2) is 4.31. The van der Waals surface area contributed by atoms with Crippen LogP contribution in [0.2, 0.25) is 0 Å². The molecule has 0 saturated heterocycles. The second-order valence-electron chi connectivity index (χ2n) is 3.30. The molecule has 0 spiro atoms. The Morgan fingerprint density at radius 1 is 1.50 bits per heavy atom. The van der Waals surface area contributed by atoms with E-state index in [0.717, 1.165) is 11.1 Å². The minimum Gasteiger partial charge on any atom is -0.338 e. The molecule has 0 atom stereocenters. The maximum Gasteiger partial charge on any atom is 0.240 e. The van der Waals surface area contributed by atoms with E-state index in [9.17, 15) is 4.39 Å². The van der Waals surface area contributed by atoms with Gasteiger partial charge in [-0.05, 0) is 40.5 Å². The number of nitrogens with two attached hydrogens (primary N) is 1. The first-order valence-electron chi connectivity index (χ1n) is 4.60. The van der Waals surface area contributed by atoms with E-state index in [1.54, 1.807) is 13.0 Å². The molecule has 0 aliphatic carbocycles. The van der Waals surface area contributed by atoms with Gasteiger partial charge in [-0.2, -0.15) is 4.98 Å². The number of halogens is 2. The van der Waals surface area contributed by atoms with Crippen LogP contribution in [0.25, 0.3) is 11.4 Å². The number of aryl methyl sites for hydroxylation is 1. The van der Waals surface area contributed by atoms with Crippen molar-refractivity contribution in [2.45, 2.75) is 13.5 Å². The summed E-state index contributed by atoms with van der Waals surface area (Å²) < 4.78 is 18.5. The molecule has 0 saturated carbocycles. The smallest absolute Gasteiger partial charge is 0.240 e. The van der Waals surface area contributed by atoms with Crippen LogP contribution in [0.3, 0.4) is 0 Å². The fourth-order valence-electron chi connectivity index (χ4n) is 1.33. The minimum atomic E-state index is -0.316. The van der Waals surface area contributed by atoms with Gasteiger partial charge in [0.05, 0.1) is 11.0 Å². The van der Waals surface area contributed by atoms with Crippen molar-refractivity contribution < 1.29 is 8.91 Å². The van der Waals surface area contributed by atoms with Gasteiger partial charge in [-0.15, -0.1) is 0 Å². The normalized spacial score (nSPS) is 10.8. The zero-order valence-corrected chi connectivity index (χ0v) is 10.1. The first-order valence-corrected chi connectivity index (χ1v) is 5.39. The lowest BCUT2D eigenvalue weighted by Gasteiger charge is -2.02. The van der Waals surface area contributed by atoms with E-state index in [-0.39, 0.29) is 12.4 Å². The third kappa shape index (κ3) is 1.98. The summed E-state index contributed by atoms with van der Waals surface area (Å²) >= 11 is 3.12. The van der Waals surface area contributed by atoms with Gasteiger partial charge in [-0.3, -0.25) is 0 Å². The Hall–Kier alpha value is -1.27. The van der Waals surface area contributed by atoms with Crippen LogP contribution in [0.5, 0.6) is 0 Å². The van der Waals surface area contributed by atoms with Gasteiger partial charge in [0.25, 0.3) is 0 Å². The predicted octanol–water partition coefficient (Wildman–Crippen LogP) is 2.41. The molecule has 1 aromatic heterocycles. The molecule has 4 nitrogen and oxygen atoms in total. The molecule has 0 radical (unpaired) electrons. The van der Waals surface area contributed by atoms with Crippen molar-refractivity contribution in [2.75, 3.05) is 0 Å². The molecule has 0 aliphatic heterocycles. The van der Waals surface area contributed by atoms with Gasteiger partial charge in [-0.25, -0.2) is 4.39 Å². The molecule has 84 valence electrons. The van der Waals surface area contributed by atoms with E-state index in [1.807, 2.05) is 0 Å². The second-order valence-corrected chi connectivity index (χ2v) is 4.15. The van der Waals surface area contributed by atoms with Gasteiger partial charge in [0.1, 0.15) is 5.82 Å². The fourth-order valence-corrected chi connectivity index (χ4v) is 1.68. The Morgan fingerprint density at radius 3 is 2.88 bits per heavy atom. The number of aromatic nitrogens is 2. The summed E-state index contributed by atoms with van der Waals surface area (Å²) in [7, 11) is 0. The molecule has 0 unspecified atom stereocenters. The monoisotopic (exact) mass is 285 g/mol. The topological polar surface area (TPSA) is 64.9 Å². The summed E-state index contributed by atoms with van der Waals surface area (Å²) in [5.74, 6) is 0.456. The van der Waals surface area contributed by atoms with Crippen LogP contribution >= 0.6 is 15.9 Å². The molecule has 0 aliphatic rings. The van der Waals surface area contributed by atoms with E-state index in [0.29, 0.717) is 16.2 Å². The van der Waals surface area contributed by atoms with E-state index >= 15 is 0 Å². The highest BCUT2D eigenvalue weighted by Crippen LogP contribution is 2.26. The van der Waals surface area contributed by atoms with Crippen LogP contribution < -0.4 is 5.73 Å². The summed E-state index contributed by atoms with van der Waals surface area (Å²) in [6.07, 6.45) is 0. The van der Waals surface area contributed by atoms with Crippen molar-refractivity contribution in [3.63, 3.8) is 0 Å². The van der Waals surface area contributed by atoms with Gasteiger partial charge in [0.15, 0.2) is 0 Å². The molecule has 0 fully saturated rings. The number of hydrogen-bond acceptors (Lipinski definition) is 4. The van der Waals surface area contributed by atoms with E-state index in [1.165, 1.54) is 6.07 Å². The van der Waals surface area contributed by atoms with E-state index < -0.39 is 0 Å². The first-order chi connectivity index (χ1) is 7.61. The fraction of sp³-hybridized carbons (Fsp3) is 0.200. The Labute approximate surface area is 99.8 Å². The Morgan fingerprint density at radius 2 is 2.25 bits per heavy atom. The lowest BCUT2D eigenvalue weighted by Crippen LogP contribution is -1.96. The molecule has 1 heterocycles. The molecular weight excluding hydrogens is 277 g/mol. The zero-order chi connectivity index (χ0) is 11.7. The average molecular weight is 286 g/mol. The van der Waals surface area contributed by atoms with Crippen molar-refractivity contribution in [1.82, 2.24) is 10.1 Å². The first kappa shape index (κ1) is 11.2. The van der Waals surface area contributed by atoms with Crippen LogP contribution in [0.1, 0.15) is 11.5 Å². The number of rotatable bonds is 2. The summed E-state index contributed by atoms with van der Waals surface area (Å²) in [5.41, 5.74) is 6.83. The Balaban J connectivity index is 2.51. The molecule has 6 heteroatoms. The minimum absolute atomic E-state index is 0.189. The zero-order valence-electron chi connectivity index (χ0n) is 8.50. The largest absolute Gasteiger partial charge is 0.338 e. The lowest BCUT2D eigenvalue weighted by atomic mass is 10.1. The van der Waals surface area contributed by atoms with E-state index in [2.05, 4.69) is 26.1 Å². The van der Waals surface area contributed by atoms with Gasteiger partial charge < -0.3 is 10.3 Å². The summed E-state index contributed by atoms with van der Waals surface area (Å²) in [4.78, 5) is 4.08. The summed E-state index contributed by atoms with van der Waals surface area (Å²) in [6, 6.07) is 3.04. The molecule has 1 aromatic carbocycles. The lowest BCUT2D eigenvalue weighted by molar-refractivity contribution is 0.380. The Kier molecular flexibility index (Phi) is 3.02. The van der Waals surface area contributed by atoms with Crippen molar-refractivity contribution in [2.24, 2.45) is 5.73 Å². The highest BCUT2D eigenvalue weighted by Gasteiger charge is 2.12. The quantitative estimate of drug-likeness (QED) is 0.920. The van der Waals surface area contributed by atoms with Crippen LogP contribution in [0.4, 0.5) is 4.39 Å². The molecule has 0 amide bonds. The highest BCUT2D eigenvalue weighted by molar-refractivity contribution is 9.10. The number of hydrogen-bond donors (Lipinski definition) is 1. The molecule has 2 aromatic rings. The van der Waals surface area contributed by atoms with E-state index in [4.69, 9.17) is 10.3 Å². The standard InChI is InChI=1S/C10H9BrFN3O/c1-5-2-8(12)7(11)3-6(5)10-14-9(4-13)16-15-10/h2-3H,4,13H2,1H3. The van der Waals surface area contributed by atoms with Crippen LogP contribution in [-0.4, -0.2) is 10.1 Å². The molecule has 16 heavy (non-hydrogen) atoms. The maximum absolute atomic E-state index is 13.2. The van der Waals surface area contributed by atoms with Crippen LogP contribution in [-0.2, 0) is 6.54 Å². The molecule has 0 bridgehead atoms. The van der Waals surface area contributed by atoms with Crippen molar-refractivity contribution >= 4 is 15.9 Å². The van der Waals surface area contributed by atoms with Gasteiger partial charge in [0, 0.05) is 5.56 Å². The summed E-state index contributed by atoms with van der Waals surface area (Å²) in [6.45, 7) is 1.97. The highest BCUT2D eigenvalue weighted by atomic mass is 79.9. The van der Waals surface area contributed by atoms with Crippen molar-refractivity contribution in [3.05, 3.63) is 33.9 Å². The van der Waals surface area contributed by atoms with Crippen molar-refractivity contribution in [3.8, 4) is 11.4 Å². The SMILES string of the molecule is Cc1cc(F)c(Br)cc1-c1noc(CN)n1.